The van der Waals surface area contributed by atoms with Gasteiger partial charge >= 0.3 is 0 Å². The zero-order valence-electron chi connectivity index (χ0n) is 11.7. The first-order chi connectivity index (χ1) is 8.85. The second-order valence-corrected chi connectivity index (χ2v) is 6.00. The lowest BCUT2D eigenvalue weighted by atomic mass is 10.1. The Kier molecular flexibility index (Phi) is 3.80. The van der Waals surface area contributed by atoms with Gasteiger partial charge in [-0.2, -0.15) is 0 Å². The summed E-state index contributed by atoms with van der Waals surface area (Å²) in [5.41, 5.74) is 1.84. The number of carbonyl (C=O) groups excluding carboxylic acids is 1. The Hall–Kier alpha value is -1.55. The first kappa shape index (κ1) is 13.9. The van der Waals surface area contributed by atoms with E-state index in [-0.39, 0.29) is 24.2 Å². The molecule has 0 aliphatic heterocycles. The molecule has 1 unspecified atom stereocenters. The average molecular weight is 263 g/mol. The number of amides is 1. The van der Waals surface area contributed by atoms with Crippen LogP contribution in [0.3, 0.4) is 0 Å². The summed E-state index contributed by atoms with van der Waals surface area (Å²) in [4.78, 5) is 11.6. The van der Waals surface area contributed by atoms with Crippen LogP contribution in [0, 0.1) is 0 Å². The standard InChI is InChI=1S/C15H21NO3/c1-15(2,3)16-14(18)9-19-11-5-6-12-10(8-11)4-7-13(12)17/h5-6,8,13,17H,4,7,9H2,1-3H3,(H,16,18). The highest BCUT2D eigenvalue weighted by Gasteiger charge is 2.20. The molecule has 0 bridgehead atoms. The number of fused-ring (bicyclic) bond motifs is 1. The molecule has 104 valence electrons. The van der Waals surface area contributed by atoms with Gasteiger partial charge in [0, 0.05) is 5.54 Å². The second kappa shape index (κ2) is 5.21. The van der Waals surface area contributed by atoms with Gasteiger partial charge in [0.2, 0.25) is 0 Å². The number of ether oxygens (including phenoxy) is 1. The molecule has 0 heterocycles. The first-order valence-corrected chi connectivity index (χ1v) is 6.60. The number of nitrogens with one attached hydrogen (secondary N) is 1. The Morgan fingerprint density at radius 2 is 2.21 bits per heavy atom. The number of hydrogen-bond donors (Lipinski definition) is 2. The predicted octanol–water partition coefficient (Wildman–Crippen LogP) is 1.96. The van der Waals surface area contributed by atoms with E-state index >= 15 is 0 Å². The lowest BCUT2D eigenvalue weighted by Crippen LogP contribution is -2.43. The minimum absolute atomic E-state index is 0.0125. The Balaban J connectivity index is 1.92. The van der Waals surface area contributed by atoms with Gasteiger partial charge in [-0.15, -0.1) is 0 Å². The van der Waals surface area contributed by atoms with Gasteiger partial charge in [0.15, 0.2) is 6.61 Å². The Bertz CT molecular complexity index is 477. The first-order valence-electron chi connectivity index (χ1n) is 6.60. The maximum Gasteiger partial charge on any atom is 0.258 e. The molecule has 1 aliphatic rings. The highest BCUT2D eigenvalue weighted by Crippen LogP contribution is 2.33. The number of benzene rings is 1. The molecule has 4 nitrogen and oxygen atoms in total. The molecule has 0 spiro atoms. The highest BCUT2D eigenvalue weighted by molar-refractivity contribution is 5.78. The maximum atomic E-state index is 11.6. The largest absolute Gasteiger partial charge is 0.484 e. The molecule has 0 saturated heterocycles. The molecule has 0 radical (unpaired) electrons. The van der Waals surface area contributed by atoms with Crippen molar-refractivity contribution in [2.45, 2.75) is 45.3 Å². The molecule has 2 N–H and O–H groups in total. The van der Waals surface area contributed by atoms with Crippen molar-refractivity contribution in [2.24, 2.45) is 0 Å². The fourth-order valence-electron chi connectivity index (χ4n) is 2.26. The van der Waals surface area contributed by atoms with E-state index in [1.807, 2.05) is 32.9 Å². The molecule has 4 heteroatoms. The molecular formula is C15H21NO3. The number of rotatable bonds is 3. The van der Waals surface area contributed by atoms with Crippen molar-refractivity contribution in [1.29, 1.82) is 0 Å². The van der Waals surface area contributed by atoms with Crippen LogP contribution in [0.15, 0.2) is 18.2 Å². The van der Waals surface area contributed by atoms with E-state index in [4.69, 9.17) is 4.74 Å². The van der Waals surface area contributed by atoms with E-state index < -0.39 is 0 Å². The molecule has 1 atom stereocenters. The zero-order valence-corrected chi connectivity index (χ0v) is 11.7. The topological polar surface area (TPSA) is 58.6 Å². The van der Waals surface area contributed by atoms with Gasteiger partial charge < -0.3 is 15.2 Å². The summed E-state index contributed by atoms with van der Waals surface area (Å²) in [5, 5.41) is 12.6. The second-order valence-electron chi connectivity index (χ2n) is 6.00. The van der Waals surface area contributed by atoms with Crippen LogP contribution in [0.4, 0.5) is 0 Å². The van der Waals surface area contributed by atoms with Gasteiger partial charge in [0.1, 0.15) is 5.75 Å². The summed E-state index contributed by atoms with van der Waals surface area (Å²) in [5.74, 6) is 0.546. The number of aliphatic hydroxyl groups excluding tert-OH is 1. The van der Waals surface area contributed by atoms with Crippen molar-refractivity contribution in [2.75, 3.05) is 6.61 Å². The van der Waals surface area contributed by atoms with Gasteiger partial charge in [-0.25, -0.2) is 0 Å². The van der Waals surface area contributed by atoms with E-state index in [0.717, 1.165) is 24.0 Å². The van der Waals surface area contributed by atoms with Crippen LogP contribution < -0.4 is 10.1 Å². The van der Waals surface area contributed by atoms with Crippen molar-refractivity contribution in [3.05, 3.63) is 29.3 Å². The number of hydrogen-bond acceptors (Lipinski definition) is 3. The average Bonchev–Trinajstić information content (AvgIpc) is 2.66. The summed E-state index contributed by atoms with van der Waals surface area (Å²) in [7, 11) is 0. The van der Waals surface area contributed by atoms with E-state index in [0.29, 0.717) is 5.75 Å². The molecule has 0 aromatic heterocycles. The van der Waals surface area contributed by atoms with E-state index in [1.54, 1.807) is 6.07 Å². The molecule has 0 saturated carbocycles. The van der Waals surface area contributed by atoms with Crippen molar-refractivity contribution in [3.8, 4) is 5.75 Å². The van der Waals surface area contributed by atoms with Gasteiger partial charge in [0.25, 0.3) is 5.91 Å². The highest BCUT2D eigenvalue weighted by atomic mass is 16.5. The van der Waals surface area contributed by atoms with Crippen LogP contribution in [-0.4, -0.2) is 23.2 Å². The molecule has 1 aromatic carbocycles. The molecule has 0 fully saturated rings. The Morgan fingerprint density at radius 3 is 2.89 bits per heavy atom. The predicted molar refractivity (Wildman–Crippen MR) is 73.1 cm³/mol. The molecule has 1 aliphatic carbocycles. The van der Waals surface area contributed by atoms with Crippen molar-refractivity contribution >= 4 is 5.91 Å². The zero-order chi connectivity index (χ0) is 14.0. The van der Waals surface area contributed by atoms with Crippen molar-refractivity contribution < 1.29 is 14.6 Å². The SMILES string of the molecule is CC(C)(C)NC(=O)COc1ccc2c(c1)CCC2O. The number of carbonyl (C=O) groups is 1. The lowest BCUT2D eigenvalue weighted by Gasteiger charge is -2.20. The summed E-state index contributed by atoms with van der Waals surface area (Å²) in [6, 6.07) is 5.59. The van der Waals surface area contributed by atoms with Gasteiger partial charge in [-0.05, 0) is 56.9 Å². The van der Waals surface area contributed by atoms with Crippen LogP contribution in [0.25, 0.3) is 0 Å². The van der Waals surface area contributed by atoms with Gasteiger partial charge in [0.05, 0.1) is 6.10 Å². The van der Waals surface area contributed by atoms with Gasteiger partial charge in [-0.1, -0.05) is 6.07 Å². The quantitative estimate of drug-likeness (QED) is 0.876. The molecule has 19 heavy (non-hydrogen) atoms. The maximum absolute atomic E-state index is 11.6. The summed E-state index contributed by atoms with van der Waals surface area (Å²) < 4.78 is 5.48. The Labute approximate surface area is 113 Å². The van der Waals surface area contributed by atoms with Crippen molar-refractivity contribution in [1.82, 2.24) is 5.32 Å². The lowest BCUT2D eigenvalue weighted by molar-refractivity contribution is -0.124. The third kappa shape index (κ3) is 3.70. The number of aliphatic hydroxyl groups is 1. The molecule has 1 aromatic rings. The molecule has 2 rings (SSSR count). The minimum Gasteiger partial charge on any atom is -0.484 e. The van der Waals surface area contributed by atoms with Crippen LogP contribution >= 0.6 is 0 Å². The normalized spacial score (nSPS) is 18.0. The van der Waals surface area contributed by atoms with Crippen LogP contribution in [0.1, 0.15) is 44.4 Å². The van der Waals surface area contributed by atoms with E-state index in [1.165, 1.54) is 0 Å². The summed E-state index contributed by atoms with van der Waals surface area (Å²) >= 11 is 0. The Morgan fingerprint density at radius 1 is 1.47 bits per heavy atom. The van der Waals surface area contributed by atoms with E-state index in [9.17, 15) is 9.90 Å². The smallest absolute Gasteiger partial charge is 0.258 e. The third-order valence-corrected chi connectivity index (χ3v) is 3.04. The molecule has 1 amide bonds. The van der Waals surface area contributed by atoms with E-state index in [2.05, 4.69) is 5.32 Å². The fourth-order valence-corrected chi connectivity index (χ4v) is 2.26. The fraction of sp³-hybridized carbons (Fsp3) is 0.533. The summed E-state index contributed by atoms with van der Waals surface area (Å²) in [6.07, 6.45) is 1.28. The van der Waals surface area contributed by atoms with Crippen molar-refractivity contribution in [3.63, 3.8) is 0 Å². The van der Waals surface area contributed by atoms with Crippen LogP contribution in [0.5, 0.6) is 5.75 Å². The summed E-state index contributed by atoms with van der Waals surface area (Å²) in [6.45, 7) is 5.81. The van der Waals surface area contributed by atoms with Gasteiger partial charge in [-0.3, -0.25) is 4.79 Å². The van der Waals surface area contributed by atoms with Crippen LogP contribution in [0.2, 0.25) is 0 Å². The number of aryl methyl sites for hydroxylation is 1. The third-order valence-electron chi connectivity index (χ3n) is 3.04. The van der Waals surface area contributed by atoms with Crippen LogP contribution in [-0.2, 0) is 11.2 Å². The molecular weight excluding hydrogens is 242 g/mol. The monoisotopic (exact) mass is 263 g/mol. The minimum atomic E-state index is -0.353.